The second-order valence-electron chi connectivity index (χ2n) is 4.83. The summed E-state index contributed by atoms with van der Waals surface area (Å²) < 4.78 is 7.17. The highest BCUT2D eigenvalue weighted by Crippen LogP contribution is 1.94. The summed E-state index contributed by atoms with van der Waals surface area (Å²) in [5.74, 6) is 0. The number of aliphatic hydroxyl groups excluding tert-OH is 1. The minimum atomic E-state index is -0.642. The number of aromatic nitrogens is 2. The molecular weight excluding hydrogens is 292 g/mol. The van der Waals surface area contributed by atoms with Gasteiger partial charge in [-0.1, -0.05) is 12.2 Å². The molecule has 0 bridgehead atoms. The minimum absolute atomic E-state index is 0.167. The first-order valence-corrected chi connectivity index (χ1v) is 7.30. The van der Waals surface area contributed by atoms with Crippen molar-refractivity contribution in [3.63, 3.8) is 0 Å². The molecule has 0 aliphatic heterocycles. The Hall–Kier alpha value is -2.60. The van der Waals surface area contributed by atoms with Gasteiger partial charge in [0.2, 0.25) is 5.69 Å². The molecule has 0 fully saturated rings. The third kappa shape index (κ3) is 7.82. The Labute approximate surface area is 136 Å². The van der Waals surface area contributed by atoms with Gasteiger partial charge in [0.15, 0.2) is 18.5 Å². The van der Waals surface area contributed by atoms with E-state index in [2.05, 4.69) is 23.1 Å². The Kier molecular flexibility index (Phi) is 8.85. The van der Waals surface area contributed by atoms with Crippen LogP contribution in [0.2, 0.25) is 0 Å². The van der Waals surface area contributed by atoms with Crippen molar-refractivity contribution >= 4 is 11.9 Å². The van der Waals surface area contributed by atoms with Crippen LogP contribution in [0.15, 0.2) is 61.4 Å². The lowest BCUT2D eigenvalue weighted by molar-refractivity contribution is -0.710. The zero-order valence-electron chi connectivity index (χ0n) is 13.2. The van der Waals surface area contributed by atoms with Crippen LogP contribution in [0, 0.1) is 0 Å². The summed E-state index contributed by atoms with van der Waals surface area (Å²) in [5, 5.41) is 15.6. The van der Waals surface area contributed by atoms with Crippen LogP contribution < -0.4 is 9.98 Å². The fourth-order valence-electron chi connectivity index (χ4n) is 1.80. The third-order valence-electron chi connectivity index (χ3n) is 2.84. The molecule has 6 heteroatoms. The minimum Gasteiger partial charge on any atom is -0.497 e. The van der Waals surface area contributed by atoms with Crippen molar-refractivity contribution in [3.8, 4) is 0 Å². The van der Waals surface area contributed by atoms with Gasteiger partial charge < -0.3 is 9.84 Å². The van der Waals surface area contributed by atoms with Gasteiger partial charge in [0, 0.05) is 0 Å². The third-order valence-corrected chi connectivity index (χ3v) is 2.84. The van der Waals surface area contributed by atoms with Crippen LogP contribution >= 0.6 is 0 Å². The van der Waals surface area contributed by atoms with Crippen molar-refractivity contribution in [2.45, 2.75) is 25.5 Å². The van der Waals surface area contributed by atoms with Crippen LogP contribution in [0.1, 0.15) is 12.1 Å². The van der Waals surface area contributed by atoms with Gasteiger partial charge in [0.05, 0.1) is 37.6 Å². The Bertz CT molecular complexity index is 582. The lowest BCUT2D eigenvalue weighted by Crippen LogP contribution is -2.44. The molecule has 0 aromatic carbocycles. The lowest BCUT2D eigenvalue weighted by atomic mass is 10.3. The maximum absolute atomic E-state index is 10.0. The van der Waals surface area contributed by atoms with Crippen molar-refractivity contribution in [2.75, 3.05) is 6.61 Å². The van der Waals surface area contributed by atoms with E-state index in [0.717, 1.165) is 5.69 Å². The van der Waals surface area contributed by atoms with E-state index in [9.17, 15) is 5.11 Å². The second kappa shape index (κ2) is 11.0. The molecule has 1 atom stereocenters. The average molecular weight is 316 g/mol. The molecule has 1 aromatic heterocycles. The summed E-state index contributed by atoms with van der Waals surface area (Å²) in [7, 11) is 0. The number of hydrogen-bond acceptors (Lipinski definition) is 4. The Morgan fingerprint density at radius 3 is 3.04 bits per heavy atom. The molecule has 0 amide bonds. The molecule has 23 heavy (non-hydrogen) atoms. The summed E-state index contributed by atoms with van der Waals surface area (Å²) in [6.45, 7) is 7.88. The van der Waals surface area contributed by atoms with E-state index in [-0.39, 0.29) is 6.61 Å². The molecule has 1 unspecified atom stereocenters. The fraction of sp³-hybridized carbons (Fsp3) is 0.294. The molecule has 0 aliphatic rings. The van der Waals surface area contributed by atoms with E-state index in [1.54, 1.807) is 24.5 Å². The van der Waals surface area contributed by atoms with Crippen LogP contribution in [0.4, 0.5) is 0 Å². The van der Waals surface area contributed by atoms with Crippen molar-refractivity contribution in [3.05, 3.63) is 62.1 Å². The molecule has 0 saturated carbocycles. The average Bonchev–Trinajstić information content (AvgIpc) is 2.53. The van der Waals surface area contributed by atoms with Crippen LogP contribution in [-0.4, -0.2) is 34.7 Å². The predicted octanol–water partition coefficient (Wildman–Crippen LogP) is -0.207. The summed E-state index contributed by atoms with van der Waals surface area (Å²) in [6.07, 6.45) is 13.8. The van der Waals surface area contributed by atoms with Gasteiger partial charge in [-0.3, -0.25) is 15.4 Å². The quantitative estimate of drug-likeness (QED) is 0.256. The highest BCUT2D eigenvalue weighted by Gasteiger charge is 2.15. The Morgan fingerprint density at radius 1 is 1.48 bits per heavy atom. The number of nitrogens with zero attached hydrogens (tertiary/aromatic N) is 3. The SMILES string of the molecule is C=CCC(=[NH2+])C=N/C=C\OCC(O)C[n+]1ccncc1CC=C. The van der Waals surface area contributed by atoms with Gasteiger partial charge in [-0.15, -0.1) is 13.2 Å². The molecule has 1 aromatic rings. The molecule has 6 nitrogen and oxygen atoms in total. The van der Waals surface area contributed by atoms with Crippen LogP contribution in [-0.2, 0) is 17.7 Å². The monoisotopic (exact) mass is 316 g/mol. The van der Waals surface area contributed by atoms with Gasteiger partial charge in [0.25, 0.3) is 0 Å². The number of rotatable bonds is 11. The first-order valence-electron chi connectivity index (χ1n) is 7.30. The second-order valence-corrected chi connectivity index (χ2v) is 4.83. The first kappa shape index (κ1) is 18.4. The zero-order chi connectivity index (χ0) is 16.9. The smallest absolute Gasteiger partial charge is 0.203 e. The summed E-state index contributed by atoms with van der Waals surface area (Å²) in [5.41, 5.74) is 1.60. The predicted molar refractivity (Wildman–Crippen MR) is 89.7 cm³/mol. The Balaban J connectivity index is 2.37. The van der Waals surface area contributed by atoms with Crippen molar-refractivity contribution in [1.82, 2.24) is 4.98 Å². The molecule has 0 radical (unpaired) electrons. The van der Waals surface area contributed by atoms with Gasteiger partial charge in [-0.05, 0) is 0 Å². The van der Waals surface area contributed by atoms with E-state index in [1.807, 2.05) is 10.8 Å². The maximum atomic E-state index is 10.0. The first-order chi connectivity index (χ1) is 11.2. The highest BCUT2D eigenvalue weighted by molar-refractivity contribution is 6.27. The highest BCUT2D eigenvalue weighted by atomic mass is 16.5. The zero-order valence-corrected chi connectivity index (χ0v) is 13.2. The number of hydrogen-bond donors (Lipinski definition) is 2. The van der Waals surface area contributed by atoms with Gasteiger partial charge >= 0.3 is 0 Å². The number of ether oxygens (including phenoxy) is 1. The van der Waals surface area contributed by atoms with E-state index in [0.29, 0.717) is 25.1 Å². The Morgan fingerprint density at radius 2 is 2.30 bits per heavy atom. The van der Waals surface area contributed by atoms with Crippen molar-refractivity contribution in [2.24, 2.45) is 4.99 Å². The van der Waals surface area contributed by atoms with Gasteiger partial charge in [-0.25, -0.2) is 0 Å². The van der Waals surface area contributed by atoms with E-state index >= 15 is 0 Å². The van der Waals surface area contributed by atoms with E-state index in [1.165, 1.54) is 18.7 Å². The van der Waals surface area contributed by atoms with Crippen LogP contribution in [0.5, 0.6) is 0 Å². The van der Waals surface area contributed by atoms with Gasteiger partial charge in [-0.2, -0.15) is 4.57 Å². The van der Waals surface area contributed by atoms with E-state index in [4.69, 9.17) is 10.1 Å². The fourth-order valence-corrected chi connectivity index (χ4v) is 1.80. The van der Waals surface area contributed by atoms with E-state index < -0.39 is 6.10 Å². The molecule has 1 heterocycles. The van der Waals surface area contributed by atoms with Crippen LogP contribution in [0.3, 0.4) is 0 Å². The number of aliphatic imine (C=N–C) groups is 1. The summed E-state index contributed by atoms with van der Waals surface area (Å²) >= 11 is 0. The topological polar surface area (TPSA) is 84.2 Å². The maximum Gasteiger partial charge on any atom is 0.203 e. The van der Waals surface area contributed by atoms with Crippen LogP contribution in [0.25, 0.3) is 0 Å². The summed E-state index contributed by atoms with van der Waals surface area (Å²) in [4.78, 5) is 8.03. The molecule has 0 aliphatic carbocycles. The van der Waals surface area contributed by atoms with Crippen molar-refractivity contribution < 1.29 is 19.8 Å². The normalized spacial score (nSPS) is 12.4. The number of nitrogens with two attached hydrogens (primary N) is 1. The molecule has 1 rings (SSSR count). The van der Waals surface area contributed by atoms with Gasteiger partial charge in [0.1, 0.15) is 19.0 Å². The lowest BCUT2D eigenvalue weighted by Gasteiger charge is -2.08. The standard InChI is InChI=1S/C17H23N4O2/c1-3-5-15(18)11-20-8-10-23-14-17(22)13-21-9-7-19-12-16(21)6-4-2/h3-4,7-12,17-18,22H,1-2,5-6,13-14H2/q+1/p+1/b10-8-,18-15?,20-11?. The molecular formula is C17H24N4O2+2. The van der Waals surface area contributed by atoms with Crippen molar-refractivity contribution in [1.29, 1.82) is 0 Å². The molecule has 0 saturated heterocycles. The largest absolute Gasteiger partial charge is 0.497 e. The number of aliphatic hydroxyl groups is 1. The molecule has 122 valence electrons. The summed E-state index contributed by atoms with van der Waals surface area (Å²) in [6, 6.07) is 0. The number of allylic oxidation sites excluding steroid dienone is 2. The molecule has 0 spiro atoms. The molecule has 3 N–H and O–H groups in total.